The molecule has 0 N–H and O–H groups in total. The number of ether oxygens (including phenoxy) is 2. The number of rotatable bonds is 5. The highest BCUT2D eigenvalue weighted by molar-refractivity contribution is 7.26. The molecule has 6 rings (SSSR count). The number of hydrogen-bond acceptors (Lipinski definition) is 7. The van der Waals surface area contributed by atoms with Crippen molar-refractivity contribution in [3.8, 4) is 22.9 Å². The van der Waals surface area contributed by atoms with Crippen LogP contribution in [0.25, 0.3) is 37.5 Å². The van der Waals surface area contributed by atoms with Crippen LogP contribution in [0.4, 0.5) is 0 Å². The third-order valence-corrected chi connectivity index (χ3v) is 7.80. The molecule has 4 heterocycles. The molecule has 0 saturated carbocycles. The average Bonchev–Trinajstić information content (AvgIpc) is 3.46. The minimum atomic E-state index is 0.233. The van der Waals surface area contributed by atoms with Gasteiger partial charge in [-0.25, -0.2) is 19.5 Å². The first kappa shape index (κ1) is 23.0. The van der Waals surface area contributed by atoms with Crippen molar-refractivity contribution >= 4 is 60.6 Å². The Hall–Kier alpha value is -3.46. The van der Waals surface area contributed by atoms with Gasteiger partial charge in [-0.3, -0.25) is 0 Å². The van der Waals surface area contributed by atoms with Gasteiger partial charge in [-0.1, -0.05) is 29.3 Å². The topological polar surface area (TPSA) is 74.4 Å². The molecule has 7 nitrogen and oxygen atoms in total. The summed E-state index contributed by atoms with van der Waals surface area (Å²) in [6, 6.07) is 13.1. The van der Waals surface area contributed by atoms with E-state index in [1.807, 2.05) is 25.1 Å². The summed E-state index contributed by atoms with van der Waals surface area (Å²) in [6.45, 7) is 4.32. The summed E-state index contributed by atoms with van der Waals surface area (Å²) in [5.41, 5.74) is 5.43. The zero-order chi connectivity index (χ0) is 25.0. The summed E-state index contributed by atoms with van der Waals surface area (Å²) in [5, 5.41) is 6.57. The van der Waals surface area contributed by atoms with E-state index in [2.05, 4.69) is 18.0 Å². The van der Waals surface area contributed by atoms with Gasteiger partial charge in [0, 0.05) is 22.2 Å². The predicted octanol–water partition coefficient (Wildman–Crippen LogP) is 7.07. The number of benzene rings is 2. The number of hydrogen-bond donors (Lipinski definition) is 0. The van der Waals surface area contributed by atoms with Crippen molar-refractivity contribution in [2.45, 2.75) is 20.5 Å². The van der Waals surface area contributed by atoms with Gasteiger partial charge in [0.25, 0.3) is 0 Å². The normalized spacial score (nSPS) is 11.6. The van der Waals surface area contributed by atoms with Gasteiger partial charge in [-0.05, 0) is 55.8 Å². The molecule has 0 unspecified atom stereocenters. The first-order chi connectivity index (χ1) is 17.4. The Labute approximate surface area is 220 Å². The Morgan fingerprint density at radius 3 is 2.72 bits per heavy atom. The molecule has 36 heavy (non-hydrogen) atoms. The van der Waals surface area contributed by atoms with Crippen LogP contribution < -0.4 is 9.47 Å². The Kier molecular flexibility index (Phi) is 5.67. The standard InChI is InChI=1S/C26H19Cl2N5O2S/c1-13-9-14(2)30-26-20(13)22-23(36-26)25-31-24(32-33(25)12-29-22)15-7-8-18(34-3)16(10-15)11-35-19-6-4-5-17(27)21(19)28/h4-10,12H,11H2,1-3H3. The Balaban J connectivity index is 1.41. The number of halogens is 2. The first-order valence-corrected chi connectivity index (χ1v) is 12.7. The van der Waals surface area contributed by atoms with Crippen LogP contribution >= 0.6 is 34.5 Å². The fourth-order valence-electron chi connectivity index (χ4n) is 4.27. The second-order valence-electron chi connectivity index (χ2n) is 8.36. The molecule has 0 aliphatic heterocycles. The lowest BCUT2D eigenvalue weighted by Crippen LogP contribution is -2.00. The van der Waals surface area contributed by atoms with Crippen molar-refractivity contribution in [2.75, 3.05) is 7.11 Å². The zero-order valence-electron chi connectivity index (χ0n) is 19.5. The minimum Gasteiger partial charge on any atom is -0.496 e. The van der Waals surface area contributed by atoms with Crippen LogP contribution in [0.5, 0.6) is 11.5 Å². The van der Waals surface area contributed by atoms with Crippen LogP contribution in [-0.2, 0) is 6.61 Å². The predicted molar refractivity (Wildman–Crippen MR) is 144 cm³/mol. The minimum absolute atomic E-state index is 0.233. The highest BCUT2D eigenvalue weighted by Gasteiger charge is 2.18. The third kappa shape index (κ3) is 3.82. The number of methoxy groups -OCH3 is 1. The fraction of sp³-hybridized carbons (Fsp3) is 0.154. The van der Waals surface area contributed by atoms with E-state index < -0.39 is 0 Å². The van der Waals surface area contributed by atoms with Crippen LogP contribution in [0.2, 0.25) is 10.0 Å². The molecule has 180 valence electrons. The number of pyridine rings is 1. The number of nitrogens with zero attached hydrogens (tertiary/aromatic N) is 5. The van der Waals surface area contributed by atoms with Crippen LogP contribution in [0.3, 0.4) is 0 Å². The van der Waals surface area contributed by atoms with E-state index in [1.54, 1.807) is 47.5 Å². The van der Waals surface area contributed by atoms with Gasteiger partial charge in [0.05, 0.1) is 17.6 Å². The van der Waals surface area contributed by atoms with Gasteiger partial charge in [-0.2, -0.15) is 0 Å². The zero-order valence-corrected chi connectivity index (χ0v) is 21.9. The van der Waals surface area contributed by atoms with E-state index in [1.165, 1.54) is 0 Å². The van der Waals surface area contributed by atoms with Crippen molar-refractivity contribution < 1.29 is 9.47 Å². The van der Waals surface area contributed by atoms with Gasteiger partial charge < -0.3 is 9.47 Å². The highest BCUT2D eigenvalue weighted by Crippen LogP contribution is 2.37. The summed E-state index contributed by atoms with van der Waals surface area (Å²) in [6.07, 6.45) is 1.70. The van der Waals surface area contributed by atoms with Gasteiger partial charge in [-0.15, -0.1) is 16.4 Å². The lowest BCUT2D eigenvalue weighted by Gasteiger charge is -2.12. The number of thiophene rings is 1. The molecule has 2 aromatic carbocycles. The van der Waals surface area contributed by atoms with Crippen LogP contribution in [0, 0.1) is 13.8 Å². The van der Waals surface area contributed by atoms with E-state index in [-0.39, 0.29) is 6.61 Å². The molecule has 0 aliphatic carbocycles. The monoisotopic (exact) mass is 535 g/mol. The van der Waals surface area contributed by atoms with E-state index in [0.29, 0.717) is 27.4 Å². The van der Waals surface area contributed by atoms with E-state index >= 15 is 0 Å². The summed E-state index contributed by atoms with van der Waals surface area (Å²) < 4.78 is 14.2. The molecule has 0 saturated heterocycles. The maximum Gasteiger partial charge on any atom is 0.182 e. The lowest BCUT2D eigenvalue weighted by molar-refractivity contribution is 0.297. The molecule has 0 radical (unpaired) electrons. The third-order valence-electron chi connectivity index (χ3n) is 5.93. The summed E-state index contributed by atoms with van der Waals surface area (Å²) in [4.78, 5) is 15.2. The Bertz CT molecular complexity index is 1800. The van der Waals surface area contributed by atoms with Crippen molar-refractivity contribution in [3.63, 3.8) is 0 Å². The molecule has 0 amide bonds. The second-order valence-corrected chi connectivity index (χ2v) is 10.1. The largest absolute Gasteiger partial charge is 0.496 e. The van der Waals surface area contributed by atoms with Crippen LogP contribution in [0.1, 0.15) is 16.8 Å². The molecule has 0 aliphatic rings. The molecule has 10 heteroatoms. The SMILES string of the molecule is COc1ccc(-c2nc3c4sc5nc(C)cc(C)c5c4ncn3n2)cc1COc1cccc(Cl)c1Cl. The van der Waals surface area contributed by atoms with Crippen molar-refractivity contribution in [2.24, 2.45) is 0 Å². The van der Waals surface area contributed by atoms with Crippen LogP contribution in [0.15, 0.2) is 48.8 Å². The molecule has 0 bridgehead atoms. The molecular weight excluding hydrogens is 517 g/mol. The van der Waals surface area contributed by atoms with Crippen LogP contribution in [-0.4, -0.2) is 31.7 Å². The highest BCUT2D eigenvalue weighted by atomic mass is 35.5. The molecule has 6 aromatic rings. The maximum atomic E-state index is 6.28. The summed E-state index contributed by atoms with van der Waals surface area (Å²) in [5.74, 6) is 1.76. The van der Waals surface area contributed by atoms with Crippen molar-refractivity contribution in [1.82, 2.24) is 24.6 Å². The number of aromatic nitrogens is 5. The second kappa shape index (κ2) is 8.89. The van der Waals surface area contributed by atoms with E-state index in [9.17, 15) is 0 Å². The van der Waals surface area contributed by atoms with Crippen molar-refractivity contribution in [1.29, 1.82) is 0 Å². The summed E-state index contributed by atoms with van der Waals surface area (Å²) >= 11 is 14.0. The van der Waals surface area contributed by atoms with E-state index in [4.69, 9.17) is 47.7 Å². The van der Waals surface area contributed by atoms with E-state index in [0.717, 1.165) is 48.5 Å². The Morgan fingerprint density at radius 2 is 1.89 bits per heavy atom. The molecule has 0 fully saturated rings. The first-order valence-electron chi connectivity index (χ1n) is 11.1. The van der Waals surface area contributed by atoms with Gasteiger partial charge >= 0.3 is 0 Å². The molecule has 0 spiro atoms. The quantitative estimate of drug-likeness (QED) is 0.235. The number of aryl methyl sites for hydroxylation is 2. The average molecular weight is 536 g/mol. The summed E-state index contributed by atoms with van der Waals surface area (Å²) in [7, 11) is 1.62. The molecular formula is C26H19Cl2N5O2S. The van der Waals surface area contributed by atoms with Gasteiger partial charge in [0.15, 0.2) is 11.5 Å². The number of fused-ring (bicyclic) bond motifs is 5. The smallest absolute Gasteiger partial charge is 0.182 e. The molecule has 0 atom stereocenters. The Morgan fingerprint density at radius 1 is 1.03 bits per heavy atom. The molecule has 4 aromatic heterocycles. The lowest BCUT2D eigenvalue weighted by atomic mass is 10.1. The van der Waals surface area contributed by atoms with Crippen molar-refractivity contribution in [3.05, 3.63) is 75.7 Å². The maximum absolute atomic E-state index is 6.28. The fourth-order valence-corrected chi connectivity index (χ4v) is 5.84. The van der Waals surface area contributed by atoms with Gasteiger partial charge in [0.1, 0.15) is 39.0 Å². The van der Waals surface area contributed by atoms with Gasteiger partial charge in [0.2, 0.25) is 0 Å².